The van der Waals surface area contributed by atoms with Crippen molar-refractivity contribution >= 4 is 33.6 Å². The molecule has 0 bridgehead atoms. The van der Waals surface area contributed by atoms with Crippen molar-refractivity contribution in [2.75, 3.05) is 25.0 Å². The zero-order valence-corrected chi connectivity index (χ0v) is 19.4. The van der Waals surface area contributed by atoms with Crippen LogP contribution in [-0.2, 0) is 13.0 Å². The molecule has 0 atom stereocenters. The smallest absolute Gasteiger partial charge is 0.157 e. The summed E-state index contributed by atoms with van der Waals surface area (Å²) in [4.78, 5) is 28.7. The Balaban J connectivity index is 1.19. The van der Waals surface area contributed by atoms with Crippen LogP contribution in [0.1, 0.15) is 33.8 Å². The Hall–Kier alpha value is -3.68. The van der Waals surface area contributed by atoms with Gasteiger partial charge in [0.05, 0.1) is 23.6 Å². The topological polar surface area (TPSA) is 95.5 Å². The minimum atomic E-state index is -0.348. The van der Waals surface area contributed by atoms with E-state index >= 15 is 0 Å². The van der Waals surface area contributed by atoms with Crippen molar-refractivity contribution in [3.05, 3.63) is 64.5 Å². The quantitative estimate of drug-likeness (QED) is 0.377. The van der Waals surface area contributed by atoms with Crippen molar-refractivity contribution < 1.29 is 4.39 Å². The first-order valence-corrected chi connectivity index (χ1v) is 11.8. The van der Waals surface area contributed by atoms with Gasteiger partial charge >= 0.3 is 0 Å². The fourth-order valence-corrected chi connectivity index (χ4v) is 4.90. The number of allylic oxidation sites excluding steroid dienone is 1. The summed E-state index contributed by atoms with van der Waals surface area (Å²) in [5, 5.41) is 4.20. The summed E-state index contributed by atoms with van der Waals surface area (Å²) in [7, 11) is 0. The maximum Gasteiger partial charge on any atom is 0.157 e. The molecule has 5 rings (SSSR count). The number of pyridine rings is 1. The number of H-pyrrole nitrogens is 1. The van der Waals surface area contributed by atoms with Gasteiger partial charge in [0, 0.05) is 38.2 Å². The van der Waals surface area contributed by atoms with Crippen LogP contribution in [0.3, 0.4) is 0 Å². The Bertz CT molecular complexity index is 1380. The van der Waals surface area contributed by atoms with Crippen molar-refractivity contribution in [3.8, 4) is 12.3 Å². The lowest BCUT2D eigenvalue weighted by Gasteiger charge is -2.37. The van der Waals surface area contributed by atoms with Crippen molar-refractivity contribution in [2.24, 2.45) is 0 Å². The van der Waals surface area contributed by atoms with E-state index in [1.807, 2.05) is 13.0 Å². The second kappa shape index (κ2) is 9.67. The second-order valence-corrected chi connectivity index (χ2v) is 9.11. The number of hydrogen-bond acceptors (Lipinski definition) is 8. The lowest BCUT2D eigenvalue weighted by molar-refractivity contribution is 0.149. The number of thiazole rings is 1. The van der Waals surface area contributed by atoms with Crippen LogP contribution in [-0.4, -0.2) is 54.4 Å². The predicted octanol–water partition coefficient (Wildman–Crippen LogP) is 3.55. The van der Waals surface area contributed by atoms with Gasteiger partial charge in [-0.25, -0.2) is 24.3 Å². The van der Waals surface area contributed by atoms with Crippen molar-refractivity contribution in [1.29, 1.82) is 0 Å². The molecule has 0 saturated carbocycles. The van der Waals surface area contributed by atoms with Crippen LogP contribution < -0.4 is 5.32 Å². The maximum absolute atomic E-state index is 13.9. The third-order valence-corrected chi connectivity index (χ3v) is 6.88. The summed E-state index contributed by atoms with van der Waals surface area (Å²) in [6, 6.07) is 2.97. The number of imidazole rings is 1. The average molecular weight is 475 g/mol. The first kappa shape index (κ1) is 22.1. The normalized spacial score (nSPS) is 14.5. The number of halogens is 1. The third kappa shape index (κ3) is 4.66. The molecular weight excluding hydrogens is 451 g/mol. The first-order valence-electron chi connectivity index (χ1n) is 11.0. The standard InChI is InChI=1S/C24H23FN8S/c1-3-4-7-18-15(2)30-20(31-18)8-10-33-12-16(13-33)23-32-21-22(28-14-29-24(21)34-23)27-11-19-17(25)6-5-9-26-19/h1,4-7,9,14,16H,8,10-13H2,2H3,(H,30,31)(H,27,28,29)/b7-4-. The third-order valence-electron chi connectivity index (χ3n) is 5.76. The molecule has 4 aromatic rings. The Labute approximate surface area is 200 Å². The van der Waals surface area contributed by atoms with E-state index < -0.39 is 0 Å². The maximum atomic E-state index is 13.9. The van der Waals surface area contributed by atoms with Crippen molar-refractivity contribution in [1.82, 2.24) is 34.8 Å². The zero-order valence-electron chi connectivity index (χ0n) is 18.6. The average Bonchev–Trinajstić information content (AvgIpc) is 3.39. The van der Waals surface area contributed by atoms with Crippen molar-refractivity contribution in [2.45, 2.75) is 25.8 Å². The van der Waals surface area contributed by atoms with Gasteiger partial charge < -0.3 is 15.2 Å². The van der Waals surface area contributed by atoms with Crippen LogP contribution >= 0.6 is 11.3 Å². The van der Waals surface area contributed by atoms with E-state index in [0.29, 0.717) is 17.4 Å². The summed E-state index contributed by atoms with van der Waals surface area (Å²) in [6.45, 7) is 5.02. The molecule has 4 aromatic heterocycles. The summed E-state index contributed by atoms with van der Waals surface area (Å²) < 4.78 is 13.9. The SMILES string of the molecule is C#C/C=C\c1[nH]c(CCN2CC(c3nc4c(NCc5ncccc5F)ncnc4s3)C2)nc1C. The van der Waals surface area contributed by atoms with E-state index in [1.54, 1.807) is 29.7 Å². The highest BCUT2D eigenvalue weighted by molar-refractivity contribution is 7.18. The molecule has 8 nitrogen and oxygen atoms in total. The van der Waals surface area contributed by atoms with E-state index in [2.05, 4.69) is 41.1 Å². The number of aromatic amines is 1. The van der Waals surface area contributed by atoms with E-state index in [9.17, 15) is 4.39 Å². The molecule has 1 aliphatic heterocycles. The van der Waals surface area contributed by atoms with E-state index in [-0.39, 0.29) is 12.4 Å². The van der Waals surface area contributed by atoms with Gasteiger partial charge in [-0.15, -0.1) is 6.42 Å². The number of fused-ring (bicyclic) bond motifs is 1. The molecule has 34 heavy (non-hydrogen) atoms. The Morgan fingerprint density at radius 3 is 3.03 bits per heavy atom. The number of nitrogens with one attached hydrogen (secondary N) is 2. The highest BCUT2D eigenvalue weighted by Crippen LogP contribution is 2.34. The molecule has 1 saturated heterocycles. The van der Waals surface area contributed by atoms with Crippen LogP contribution in [0.5, 0.6) is 0 Å². The van der Waals surface area contributed by atoms with Gasteiger partial charge in [0.2, 0.25) is 0 Å². The first-order chi connectivity index (χ1) is 16.6. The fourth-order valence-electron chi connectivity index (χ4n) is 3.91. The van der Waals surface area contributed by atoms with E-state index in [4.69, 9.17) is 11.4 Å². The van der Waals surface area contributed by atoms with Gasteiger partial charge in [0.25, 0.3) is 0 Å². The van der Waals surface area contributed by atoms with Gasteiger partial charge in [-0.3, -0.25) is 4.98 Å². The van der Waals surface area contributed by atoms with Gasteiger partial charge in [-0.1, -0.05) is 17.3 Å². The van der Waals surface area contributed by atoms with Gasteiger partial charge in [0.15, 0.2) is 5.82 Å². The number of rotatable bonds is 8. The number of terminal acetylenes is 1. The molecule has 0 aromatic carbocycles. The van der Waals surface area contributed by atoms with E-state index in [1.165, 1.54) is 12.4 Å². The molecule has 1 fully saturated rings. The summed E-state index contributed by atoms with van der Waals surface area (Å²) >= 11 is 1.59. The van der Waals surface area contributed by atoms with Gasteiger partial charge in [0.1, 0.15) is 33.3 Å². The molecule has 0 aliphatic carbocycles. The minimum absolute atomic E-state index is 0.231. The number of aryl methyl sites for hydroxylation is 1. The number of likely N-dealkylation sites (tertiary alicyclic amines) is 1. The van der Waals surface area contributed by atoms with Crippen molar-refractivity contribution in [3.63, 3.8) is 0 Å². The number of anilines is 1. The fraction of sp³-hybridized carbons (Fsp3) is 0.292. The summed E-state index contributed by atoms with van der Waals surface area (Å²) in [5.74, 6) is 4.08. The Morgan fingerprint density at radius 1 is 1.32 bits per heavy atom. The molecule has 5 heterocycles. The predicted molar refractivity (Wildman–Crippen MR) is 131 cm³/mol. The monoisotopic (exact) mass is 474 g/mol. The van der Waals surface area contributed by atoms with Gasteiger partial charge in [-0.05, 0) is 31.2 Å². The molecular formula is C24H23FN8S. The van der Waals surface area contributed by atoms with Crippen LogP contribution in [0.15, 0.2) is 30.7 Å². The molecule has 2 N–H and O–H groups in total. The summed E-state index contributed by atoms with van der Waals surface area (Å²) in [6.07, 6.45) is 12.8. The van der Waals surface area contributed by atoms with Crippen LogP contribution in [0, 0.1) is 25.1 Å². The largest absolute Gasteiger partial charge is 0.362 e. The lowest BCUT2D eigenvalue weighted by Crippen LogP contribution is -2.45. The second-order valence-electron chi connectivity index (χ2n) is 8.10. The molecule has 0 amide bonds. The number of nitrogens with zero attached hydrogens (tertiary/aromatic N) is 6. The molecule has 172 valence electrons. The minimum Gasteiger partial charge on any atom is -0.362 e. The Morgan fingerprint density at radius 2 is 2.21 bits per heavy atom. The zero-order chi connectivity index (χ0) is 23.5. The molecule has 0 unspecified atom stereocenters. The van der Waals surface area contributed by atoms with Gasteiger partial charge in [-0.2, -0.15) is 0 Å². The highest BCUT2D eigenvalue weighted by Gasteiger charge is 2.31. The van der Waals surface area contributed by atoms with Crippen LogP contribution in [0.2, 0.25) is 0 Å². The number of hydrogen-bond donors (Lipinski definition) is 2. The Kier molecular flexibility index (Phi) is 6.29. The molecule has 0 radical (unpaired) electrons. The summed E-state index contributed by atoms with van der Waals surface area (Å²) in [5.41, 5.74) is 2.97. The molecule has 1 aliphatic rings. The van der Waals surface area contributed by atoms with E-state index in [0.717, 1.165) is 58.6 Å². The molecule has 0 spiro atoms. The molecule has 10 heteroatoms. The van der Waals surface area contributed by atoms with Crippen LogP contribution in [0.4, 0.5) is 10.2 Å². The van der Waals surface area contributed by atoms with Crippen LogP contribution in [0.25, 0.3) is 16.4 Å². The highest BCUT2D eigenvalue weighted by atomic mass is 32.1. The number of aromatic nitrogens is 6. The lowest BCUT2D eigenvalue weighted by atomic mass is 10.0.